The molecule has 1 rings (SSSR count). The fraction of sp³-hybridized carbons (Fsp3) is 0.364. The summed E-state index contributed by atoms with van der Waals surface area (Å²) >= 11 is 0. The Labute approximate surface area is 88.1 Å². The van der Waals surface area contributed by atoms with Crippen molar-refractivity contribution in [2.24, 2.45) is 0 Å². The minimum absolute atomic E-state index is 0.0157. The van der Waals surface area contributed by atoms with Crippen LogP contribution in [0.2, 0.25) is 0 Å². The van der Waals surface area contributed by atoms with Gasteiger partial charge in [-0.2, -0.15) is 0 Å². The summed E-state index contributed by atoms with van der Waals surface area (Å²) in [5.74, 6) is -0.491. The van der Waals surface area contributed by atoms with Crippen molar-refractivity contribution in [3.8, 4) is 5.75 Å². The van der Waals surface area contributed by atoms with Crippen molar-refractivity contribution < 1.29 is 19.7 Å². The van der Waals surface area contributed by atoms with Gasteiger partial charge in [-0.05, 0) is 25.0 Å². The third-order valence-corrected chi connectivity index (χ3v) is 2.01. The van der Waals surface area contributed by atoms with Gasteiger partial charge >= 0.3 is 5.97 Å². The van der Waals surface area contributed by atoms with Gasteiger partial charge < -0.3 is 14.9 Å². The Bertz CT molecular complexity index is 335. The molecule has 1 aromatic carbocycles. The van der Waals surface area contributed by atoms with E-state index >= 15 is 0 Å². The Hall–Kier alpha value is -1.55. The fourth-order valence-electron chi connectivity index (χ4n) is 1.19. The molecule has 0 radical (unpaired) electrons. The Balaban J connectivity index is 2.79. The van der Waals surface area contributed by atoms with E-state index in [1.54, 1.807) is 18.2 Å². The zero-order valence-electron chi connectivity index (χ0n) is 8.51. The lowest BCUT2D eigenvalue weighted by Gasteiger charge is -2.13. The van der Waals surface area contributed by atoms with Gasteiger partial charge in [0, 0.05) is 6.61 Å². The predicted octanol–water partition coefficient (Wildman–Crippen LogP) is 1.07. The standard InChI is InChI=1S/C11H14O4/c1-8(11(13)14)15-10-5-3-2-4-9(10)6-7-12/h2-5,8,12H,6-7H2,1H3,(H,13,14)/t8-/m1/s1. The van der Waals surface area contributed by atoms with Gasteiger partial charge in [-0.25, -0.2) is 4.79 Å². The van der Waals surface area contributed by atoms with Crippen molar-refractivity contribution in [2.45, 2.75) is 19.4 Å². The van der Waals surface area contributed by atoms with Crippen molar-refractivity contribution in [3.63, 3.8) is 0 Å². The van der Waals surface area contributed by atoms with Crippen molar-refractivity contribution in [1.82, 2.24) is 0 Å². The van der Waals surface area contributed by atoms with Gasteiger partial charge in [0.05, 0.1) is 0 Å². The van der Waals surface area contributed by atoms with Crippen LogP contribution in [0.3, 0.4) is 0 Å². The van der Waals surface area contributed by atoms with Crippen LogP contribution in [-0.2, 0) is 11.2 Å². The number of aliphatic hydroxyl groups excluding tert-OH is 1. The first kappa shape index (κ1) is 11.5. The smallest absolute Gasteiger partial charge is 0.344 e. The number of hydrogen-bond donors (Lipinski definition) is 2. The summed E-state index contributed by atoms with van der Waals surface area (Å²) in [6.45, 7) is 1.49. The molecule has 0 aliphatic carbocycles. The molecular weight excluding hydrogens is 196 g/mol. The first-order chi connectivity index (χ1) is 7.15. The maximum atomic E-state index is 10.6. The first-order valence-corrected chi connectivity index (χ1v) is 4.73. The number of carbonyl (C=O) groups is 1. The lowest BCUT2D eigenvalue weighted by molar-refractivity contribution is -0.144. The maximum Gasteiger partial charge on any atom is 0.344 e. The second-order valence-electron chi connectivity index (χ2n) is 3.18. The summed E-state index contributed by atoms with van der Waals surface area (Å²) in [4.78, 5) is 10.6. The van der Waals surface area contributed by atoms with Gasteiger partial charge in [-0.3, -0.25) is 0 Å². The van der Waals surface area contributed by atoms with Gasteiger partial charge in [-0.15, -0.1) is 0 Å². The number of benzene rings is 1. The predicted molar refractivity (Wildman–Crippen MR) is 55.0 cm³/mol. The Morgan fingerprint density at radius 3 is 2.73 bits per heavy atom. The highest BCUT2D eigenvalue weighted by Gasteiger charge is 2.13. The quantitative estimate of drug-likeness (QED) is 0.763. The SMILES string of the molecule is C[C@@H](Oc1ccccc1CCO)C(=O)O. The van der Waals surface area contributed by atoms with Crippen LogP contribution in [-0.4, -0.2) is 28.9 Å². The van der Waals surface area contributed by atoms with Crippen LogP contribution in [0.25, 0.3) is 0 Å². The van der Waals surface area contributed by atoms with Gasteiger partial charge in [0.1, 0.15) is 5.75 Å². The molecule has 2 N–H and O–H groups in total. The molecule has 0 amide bonds. The fourth-order valence-corrected chi connectivity index (χ4v) is 1.19. The molecule has 0 fully saturated rings. The molecule has 0 aliphatic heterocycles. The monoisotopic (exact) mass is 210 g/mol. The molecule has 15 heavy (non-hydrogen) atoms. The van der Waals surface area contributed by atoms with Crippen LogP contribution < -0.4 is 4.74 Å². The number of ether oxygens (including phenoxy) is 1. The van der Waals surface area contributed by atoms with E-state index in [0.717, 1.165) is 5.56 Å². The lowest BCUT2D eigenvalue weighted by atomic mass is 10.1. The summed E-state index contributed by atoms with van der Waals surface area (Å²) in [6.07, 6.45) is -0.424. The number of para-hydroxylation sites is 1. The van der Waals surface area contributed by atoms with E-state index in [4.69, 9.17) is 14.9 Å². The maximum absolute atomic E-state index is 10.6. The van der Waals surface area contributed by atoms with Crippen molar-refractivity contribution in [1.29, 1.82) is 0 Å². The zero-order chi connectivity index (χ0) is 11.3. The van der Waals surface area contributed by atoms with E-state index in [-0.39, 0.29) is 6.61 Å². The molecule has 0 aromatic heterocycles. The average Bonchev–Trinajstić information content (AvgIpc) is 2.21. The Kier molecular flexibility index (Phi) is 4.12. The molecule has 0 saturated heterocycles. The highest BCUT2D eigenvalue weighted by atomic mass is 16.5. The van der Waals surface area contributed by atoms with Crippen LogP contribution in [0.15, 0.2) is 24.3 Å². The van der Waals surface area contributed by atoms with Gasteiger partial charge in [0.2, 0.25) is 0 Å². The summed E-state index contributed by atoms with van der Waals surface area (Å²) in [7, 11) is 0. The van der Waals surface area contributed by atoms with E-state index in [9.17, 15) is 4.79 Å². The van der Waals surface area contributed by atoms with Crippen LogP contribution in [0.1, 0.15) is 12.5 Å². The molecule has 1 aromatic rings. The van der Waals surface area contributed by atoms with E-state index in [2.05, 4.69) is 0 Å². The number of carboxylic acid groups (broad SMARTS) is 1. The van der Waals surface area contributed by atoms with E-state index < -0.39 is 12.1 Å². The topological polar surface area (TPSA) is 66.8 Å². The highest BCUT2D eigenvalue weighted by Crippen LogP contribution is 2.19. The molecule has 4 nitrogen and oxygen atoms in total. The third-order valence-electron chi connectivity index (χ3n) is 2.01. The average molecular weight is 210 g/mol. The van der Waals surface area contributed by atoms with Crippen molar-refractivity contribution >= 4 is 5.97 Å². The normalized spacial score (nSPS) is 12.1. The second-order valence-corrected chi connectivity index (χ2v) is 3.18. The summed E-state index contributed by atoms with van der Waals surface area (Å²) in [5, 5.41) is 17.5. The summed E-state index contributed by atoms with van der Waals surface area (Å²) < 4.78 is 5.25. The first-order valence-electron chi connectivity index (χ1n) is 4.73. The number of aliphatic carboxylic acids is 1. The number of carboxylic acids is 1. The summed E-state index contributed by atoms with van der Waals surface area (Å²) in [5.41, 5.74) is 0.813. The molecule has 4 heteroatoms. The van der Waals surface area contributed by atoms with Gasteiger partial charge in [0.25, 0.3) is 0 Å². The van der Waals surface area contributed by atoms with E-state index in [1.807, 2.05) is 6.07 Å². The molecule has 0 spiro atoms. The minimum Gasteiger partial charge on any atom is -0.479 e. The molecule has 0 saturated carbocycles. The second kappa shape index (κ2) is 5.36. The molecular formula is C11H14O4. The van der Waals surface area contributed by atoms with Crippen LogP contribution >= 0.6 is 0 Å². The zero-order valence-corrected chi connectivity index (χ0v) is 8.51. The Morgan fingerprint density at radius 1 is 1.47 bits per heavy atom. The van der Waals surface area contributed by atoms with Crippen molar-refractivity contribution in [3.05, 3.63) is 29.8 Å². The lowest BCUT2D eigenvalue weighted by Crippen LogP contribution is -2.23. The van der Waals surface area contributed by atoms with E-state index in [0.29, 0.717) is 12.2 Å². The van der Waals surface area contributed by atoms with Crippen LogP contribution in [0, 0.1) is 0 Å². The Morgan fingerprint density at radius 2 is 2.13 bits per heavy atom. The molecule has 0 unspecified atom stereocenters. The number of hydrogen-bond acceptors (Lipinski definition) is 3. The molecule has 82 valence electrons. The number of aliphatic hydroxyl groups is 1. The van der Waals surface area contributed by atoms with Crippen LogP contribution in [0.4, 0.5) is 0 Å². The van der Waals surface area contributed by atoms with Crippen LogP contribution in [0.5, 0.6) is 5.75 Å². The third kappa shape index (κ3) is 3.25. The summed E-state index contributed by atoms with van der Waals surface area (Å²) in [6, 6.07) is 7.10. The largest absolute Gasteiger partial charge is 0.479 e. The molecule has 1 atom stereocenters. The highest BCUT2D eigenvalue weighted by molar-refractivity contribution is 5.72. The van der Waals surface area contributed by atoms with E-state index in [1.165, 1.54) is 6.92 Å². The van der Waals surface area contributed by atoms with Gasteiger partial charge in [0.15, 0.2) is 6.10 Å². The van der Waals surface area contributed by atoms with Gasteiger partial charge in [-0.1, -0.05) is 18.2 Å². The molecule has 0 bridgehead atoms. The number of rotatable bonds is 5. The molecule has 0 heterocycles. The molecule has 0 aliphatic rings. The minimum atomic E-state index is -1.01. The van der Waals surface area contributed by atoms with Crippen molar-refractivity contribution in [2.75, 3.05) is 6.61 Å².